The molecule has 0 fully saturated rings. The van der Waals surface area contributed by atoms with Crippen LogP contribution in [0.15, 0.2) is 40.9 Å². The maximum absolute atomic E-state index is 11.1. The number of fused-ring (bicyclic) bond motifs is 1. The van der Waals surface area contributed by atoms with Crippen LogP contribution < -0.4 is 10.1 Å². The molecule has 1 N–H and O–H groups in total. The fourth-order valence-electron chi connectivity index (χ4n) is 1.83. The zero-order valence-electron chi connectivity index (χ0n) is 10.8. The van der Waals surface area contributed by atoms with Crippen LogP contribution >= 0.6 is 15.9 Å². The zero-order chi connectivity index (χ0) is 13.7. The van der Waals surface area contributed by atoms with E-state index in [1.807, 2.05) is 24.3 Å². The maximum Gasteiger partial charge on any atom is 0.219 e. The standard InChI is InChI=1S/C15H16BrNO2/c1-17-15(18)3-2-8-19-14-7-5-11-9-13(16)6-4-12(11)10-14/h4-7,9-10H,2-3,8H2,1H3,(H,17,18). The average Bonchev–Trinajstić information content (AvgIpc) is 2.43. The van der Waals surface area contributed by atoms with Gasteiger partial charge in [0.15, 0.2) is 0 Å². The third kappa shape index (κ3) is 3.96. The number of hydrogen-bond donors (Lipinski definition) is 1. The van der Waals surface area contributed by atoms with E-state index in [4.69, 9.17) is 4.74 Å². The molecular formula is C15H16BrNO2. The zero-order valence-corrected chi connectivity index (χ0v) is 12.4. The molecule has 0 heterocycles. The van der Waals surface area contributed by atoms with Gasteiger partial charge in [0.05, 0.1) is 6.61 Å². The minimum atomic E-state index is 0.0481. The molecule has 0 aromatic heterocycles. The summed E-state index contributed by atoms with van der Waals surface area (Å²) < 4.78 is 6.72. The van der Waals surface area contributed by atoms with Gasteiger partial charge in [-0.25, -0.2) is 0 Å². The van der Waals surface area contributed by atoms with E-state index in [1.54, 1.807) is 7.05 Å². The minimum Gasteiger partial charge on any atom is -0.494 e. The number of carbonyl (C=O) groups is 1. The SMILES string of the molecule is CNC(=O)CCCOc1ccc2cc(Br)ccc2c1. The fourth-order valence-corrected chi connectivity index (χ4v) is 2.21. The number of benzene rings is 2. The summed E-state index contributed by atoms with van der Waals surface area (Å²) >= 11 is 3.45. The van der Waals surface area contributed by atoms with Crippen molar-refractivity contribution in [3.8, 4) is 5.75 Å². The molecule has 100 valence electrons. The summed E-state index contributed by atoms with van der Waals surface area (Å²) in [6, 6.07) is 12.1. The Balaban J connectivity index is 1.94. The van der Waals surface area contributed by atoms with Crippen LogP contribution in [0.4, 0.5) is 0 Å². The molecular weight excluding hydrogens is 306 g/mol. The lowest BCUT2D eigenvalue weighted by atomic mass is 10.1. The van der Waals surface area contributed by atoms with Gasteiger partial charge in [-0.2, -0.15) is 0 Å². The van der Waals surface area contributed by atoms with E-state index in [0.717, 1.165) is 22.0 Å². The third-order valence-electron chi connectivity index (χ3n) is 2.87. The Labute approximate surface area is 121 Å². The van der Waals surface area contributed by atoms with Gasteiger partial charge in [0.25, 0.3) is 0 Å². The molecule has 0 atom stereocenters. The summed E-state index contributed by atoms with van der Waals surface area (Å²) in [6.07, 6.45) is 1.22. The lowest BCUT2D eigenvalue weighted by molar-refractivity contribution is -0.120. The highest BCUT2D eigenvalue weighted by Crippen LogP contribution is 2.24. The van der Waals surface area contributed by atoms with Crippen molar-refractivity contribution in [2.24, 2.45) is 0 Å². The van der Waals surface area contributed by atoms with Crippen LogP contribution in [0.5, 0.6) is 5.75 Å². The third-order valence-corrected chi connectivity index (χ3v) is 3.36. The van der Waals surface area contributed by atoms with Crippen LogP contribution in [0, 0.1) is 0 Å². The van der Waals surface area contributed by atoms with Crippen LogP contribution in [-0.4, -0.2) is 19.6 Å². The van der Waals surface area contributed by atoms with Gasteiger partial charge in [0, 0.05) is 17.9 Å². The van der Waals surface area contributed by atoms with Crippen LogP contribution in [0.2, 0.25) is 0 Å². The van der Waals surface area contributed by atoms with Crippen LogP contribution in [0.3, 0.4) is 0 Å². The Kier molecular flexibility index (Phi) is 4.80. The lowest BCUT2D eigenvalue weighted by Gasteiger charge is -2.07. The summed E-state index contributed by atoms with van der Waals surface area (Å²) in [7, 11) is 1.64. The number of halogens is 1. The van der Waals surface area contributed by atoms with Gasteiger partial charge in [-0.3, -0.25) is 4.79 Å². The van der Waals surface area contributed by atoms with Gasteiger partial charge in [-0.05, 0) is 41.5 Å². The van der Waals surface area contributed by atoms with Crippen LogP contribution in [0.1, 0.15) is 12.8 Å². The quantitative estimate of drug-likeness (QED) is 0.856. The average molecular weight is 322 g/mol. The maximum atomic E-state index is 11.1. The molecule has 0 aliphatic heterocycles. The van der Waals surface area contributed by atoms with E-state index < -0.39 is 0 Å². The summed E-state index contributed by atoms with van der Waals surface area (Å²) in [5, 5.41) is 4.91. The fraction of sp³-hybridized carbons (Fsp3) is 0.267. The van der Waals surface area contributed by atoms with E-state index in [1.165, 1.54) is 5.39 Å². The first-order chi connectivity index (χ1) is 9.19. The smallest absolute Gasteiger partial charge is 0.219 e. The molecule has 0 unspecified atom stereocenters. The molecule has 2 aromatic rings. The lowest BCUT2D eigenvalue weighted by Crippen LogP contribution is -2.18. The van der Waals surface area contributed by atoms with Crippen molar-refractivity contribution in [2.45, 2.75) is 12.8 Å². The summed E-state index contributed by atoms with van der Waals surface area (Å²) in [5.41, 5.74) is 0. The molecule has 19 heavy (non-hydrogen) atoms. The first kappa shape index (κ1) is 13.9. The van der Waals surface area contributed by atoms with E-state index in [-0.39, 0.29) is 5.91 Å². The molecule has 0 aliphatic rings. The van der Waals surface area contributed by atoms with E-state index in [9.17, 15) is 4.79 Å². The van der Waals surface area contributed by atoms with Crippen molar-refractivity contribution < 1.29 is 9.53 Å². The van der Waals surface area contributed by atoms with Gasteiger partial charge < -0.3 is 10.1 Å². The number of hydrogen-bond acceptors (Lipinski definition) is 2. The monoisotopic (exact) mass is 321 g/mol. The van der Waals surface area contributed by atoms with Crippen molar-refractivity contribution >= 4 is 32.6 Å². The highest BCUT2D eigenvalue weighted by Gasteiger charge is 2.00. The molecule has 2 aromatic carbocycles. The Bertz CT molecular complexity index is 583. The van der Waals surface area contributed by atoms with Gasteiger partial charge in [0.2, 0.25) is 5.91 Å². The number of rotatable bonds is 5. The second kappa shape index (κ2) is 6.57. The van der Waals surface area contributed by atoms with E-state index in [0.29, 0.717) is 13.0 Å². The number of ether oxygens (including phenoxy) is 1. The van der Waals surface area contributed by atoms with Crippen molar-refractivity contribution in [1.82, 2.24) is 5.32 Å². The molecule has 2 rings (SSSR count). The van der Waals surface area contributed by atoms with Crippen LogP contribution in [0.25, 0.3) is 10.8 Å². The molecule has 0 saturated carbocycles. The number of carbonyl (C=O) groups excluding carboxylic acids is 1. The molecule has 0 spiro atoms. The van der Waals surface area contributed by atoms with Gasteiger partial charge >= 0.3 is 0 Å². The van der Waals surface area contributed by atoms with Crippen molar-refractivity contribution in [3.05, 3.63) is 40.9 Å². The van der Waals surface area contributed by atoms with Crippen LogP contribution in [-0.2, 0) is 4.79 Å². The van der Waals surface area contributed by atoms with Gasteiger partial charge in [0.1, 0.15) is 5.75 Å². The minimum absolute atomic E-state index is 0.0481. The van der Waals surface area contributed by atoms with Gasteiger partial charge in [-0.15, -0.1) is 0 Å². The molecule has 3 nitrogen and oxygen atoms in total. The number of amides is 1. The molecule has 0 aliphatic carbocycles. The van der Waals surface area contributed by atoms with Gasteiger partial charge in [-0.1, -0.05) is 28.1 Å². The Morgan fingerprint density at radius 2 is 1.95 bits per heavy atom. The van der Waals surface area contributed by atoms with Crippen molar-refractivity contribution in [3.63, 3.8) is 0 Å². The van der Waals surface area contributed by atoms with E-state index in [2.05, 4.69) is 33.4 Å². The molecule has 0 bridgehead atoms. The second-order valence-corrected chi connectivity index (χ2v) is 5.19. The molecule has 0 saturated heterocycles. The second-order valence-electron chi connectivity index (χ2n) is 4.28. The summed E-state index contributed by atoms with van der Waals surface area (Å²) in [5.74, 6) is 0.888. The number of nitrogens with one attached hydrogen (secondary N) is 1. The molecule has 0 radical (unpaired) electrons. The topological polar surface area (TPSA) is 38.3 Å². The normalized spacial score (nSPS) is 10.4. The first-order valence-corrected chi connectivity index (χ1v) is 7.01. The van der Waals surface area contributed by atoms with Crippen molar-refractivity contribution in [1.29, 1.82) is 0 Å². The predicted molar refractivity (Wildman–Crippen MR) is 80.4 cm³/mol. The highest BCUT2D eigenvalue weighted by atomic mass is 79.9. The van der Waals surface area contributed by atoms with E-state index >= 15 is 0 Å². The Morgan fingerprint density at radius 3 is 2.74 bits per heavy atom. The first-order valence-electron chi connectivity index (χ1n) is 6.22. The predicted octanol–water partition coefficient (Wildman–Crippen LogP) is 3.51. The summed E-state index contributed by atoms with van der Waals surface area (Å²) in [4.78, 5) is 11.1. The molecule has 4 heteroatoms. The Hall–Kier alpha value is -1.55. The Morgan fingerprint density at radius 1 is 1.21 bits per heavy atom. The highest BCUT2D eigenvalue weighted by molar-refractivity contribution is 9.10. The summed E-state index contributed by atoms with van der Waals surface area (Å²) in [6.45, 7) is 0.551. The molecule has 1 amide bonds. The largest absolute Gasteiger partial charge is 0.494 e. The van der Waals surface area contributed by atoms with Crippen molar-refractivity contribution in [2.75, 3.05) is 13.7 Å².